The van der Waals surface area contributed by atoms with Crippen LogP contribution in [0.1, 0.15) is 65.3 Å². The number of pyridine rings is 1. The number of amides is 1. The topological polar surface area (TPSA) is 83.7 Å². The minimum absolute atomic E-state index is 0.161. The van der Waals surface area contributed by atoms with Gasteiger partial charge in [-0.05, 0) is 76.6 Å². The van der Waals surface area contributed by atoms with Crippen LogP contribution in [-0.4, -0.2) is 42.8 Å². The lowest BCUT2D eigenvalue weighted by Crippen LogP contribution is -2.37. The van der Waals surface area contributed by atoms with Gasteiger partial charge < -0.3 is 24.7 Å². The zero-order valence-electron chi connectivity index (χ0n) is 20.1. The molecule has 1 atom stereocenters. The lowest BCUT2D eigenvalue weighted by atomic mass is 9.96. The molecule has 33 heavy (non-hydrogen) atoms. The number of carbonyl (C=O) groups excluding carboxylic acids is 1. The fourth-order valence-electron chi connectivity index (χ4n) is 4.71. The van der Waals surface area contributed by atoms with E-state index in [4.69, 9.17) is 9.47 Å². The Bertz CT molecular complexity index is 1070. The van der Waals surface area contributed by atoms with E-state index in [1.807, 2.05) is 32.9 Å². The number of benzene rings is 1. The van der Waals surface area contributed by atoms with Gasteiger partial charge in [0, 0.05) is 48.3 Å². The van der Waals surface area contributed by atoms with Gasteiger partial charge in [0.25, 0.3) is 11.5 Å². The highest BCUT2D eigenvalue weighted by Crippen LogP contribution is 2.34. The quantitative estimate of drug-likeness (QED) is 0.636. The van der Waals surface area contributed by atoms with Gasteiger partial charge in [0.15, 0.2) is 0 Å². The van der Waals surface area contributed by atoms with Crippen molar-refractivity contribution in [1.29, 1.82) is 0 Å². The maximum absolute atomic E-state index is 13.3. The first-order valence-electron chi connectivity index (χ1n) is 12.0. The number of hydrogen-bond donors (Lipinski definition) is 2. The van der Waals surface area contributed by atoms with Gasteiger partial charge >= 0.3 is 0 Å². The van der Waals surface area contributed by atoms with Crippen LogP contribution < -0.4 is 20.5 Å². The number of anilines is 1. The molecule has 4 rings (SSSR count). The largest absolute Gasteiger partial charge is 0.490 e. The minimum atomic E-state index is -0.203. The second-order valence-corrected chi connectivity index (χ2v) is 9.21. The molecule has 2 heterocycles. The Labute approximate surface area is 195 Å². The van der Waals surface area contributed by atoms with Crippen LogP contribution in [0.5, 0.6) is 5.75 Å². The molecule has 0 spiro atoms. The summed E-state index contributed by atoms with van der Waals surface area (Å²) in [6.07, 6.45) is 4.47. The van der Waals surface area contributed by atoms with Crippen molar-refractivity contribution in [3.8, 4) is 5.75 Å². The van der Waals surface area contributed by atoms with Gasteiger partial charge in [-0.2, -0.15) is 0 Å². The van der Waals surface area contributed by atoms with E-state index in [1.165, 1.54) is 6.42 Å². The molecular formula is C26H35N3O4. The molecule has 2 aliphatic rings. The molecule has 7 nitrogen and oxygen atoms in total. The maximum atomic E-state index is 13.3. The Morgan fingerprint density at radius 3 is 2.61 bits per heavy atom. The van der Waals surface area contributed by atoms with Crippen LogP contribution in [0.4, 0.5) is 5.69 Å². The molecule has 1 aliphatic heterocycles. The summed E-state index contributed by atoms with van der Waals surface area (Å²) < 4.78 is 11.8. The van der Waals surface area contributed by atoms with Gasteiger partial charge in [-0.25, -0.2) is 0 Å². The zero-order chi connectivity index (χ0) is 23.5. The fourth-order valence-corrected chi connectivity index (χ4v) is 4.71. The van der Waals surface area contributed by atoms with Crippen LogP contribution in [0, 0.1) is 20.8 Å². The number of carbonyl (C=O) groups is 1. The van der Waals surface area contributed by atoms with Crippen LogP contribution in [0.25, 0.3) is 0 Å². The van der Waals surface area contributed by atoms with Crippen LogP contribution in [0.15, 0.2) is 23.0 Å². The highest BCUT2D eigenvalue weighted by molar-refractivity contribution is 5.97. The number of ether oxygens (including phenoxy) is 2. The molecule has 1 aromatic carbocycles. The van der Waals surface area contributed by atoms with E-state index in [0.717, 1.165) is 60.7 Å². The van der Waals surface area contributed by atoms with Crippen LogP contribution in [0.2, 0.25) is 0 Å². The molecule has 178 valence electrons. The molecule has 1 unspecified atom stereocenters. The Hall–Kier alpha value is -2.80. The number of aryl methyl sites for hydroxylation is 2. The standard InChI is InChI=1S/C26H35N3O4/c1-5-29(19-9-10-32-15-19)24-13-21(33-20-7-6-8-20)12-22(18(24)4)25(30)27-14-23-16(2)11-17(3)28-26(23)31/h11-13,19-20H,5-10,14-15H2,1-4H3,(H,27,30)(H,28,31). The molecule has 0 radical (unpaired) electrons. The van der Waals surface area contributed by atoms with Crippen molar-refractivity contribution in [3.63, 3.8) is 0 Å². The summed E-state index contributed by atoms with van der Waals surface area (Å²) in [6.45, 7) is 10.3. The van der Waals surface area contributed by atoms with E-state index in [1.54, 1.807) is 0 Å². The lowest BCUT2D eigenvalue weighted by molar-refractivity contribution is 0.0947. The van der Waals surface area contributed by atoms with Crippen LogP contribution in [-0.2, 0) is 11.3 Å². The number of nitrogens with one attached hydrogen (secondary N) is 2. The maximum Gasteiger partial charge on any atom is 0.253 e. The van der Waals surface area contributed by atoms with E-state index >= 15 is 0 Å². The summed E-state index contributed by atoms with van der Waals surface area (Å²) in [4.78, 5) is 30.8. The third-order valence-corrected chi connectivity index (χ3v) is 6.87. The van der Waals surface area contributed by atoms with Crippen molar-refractivity contribution in [2.75, 3.05) is 24.7 Å². The average molecular weight is 454 g/mol. The van der Waals surface area contributed by atoms with Gasteiger partial charge in [0.2, 0.25) is 0 Å². The third-order valence-electron chi connectivity index (χ3n) is 6.87. The molecule has 7 heteroatoms. The lowest BCUT2D eigenvalue weighted by Gasteiger charge is -2.32. The number of nitrogens with zero attached hydrogens (tertiary/aromatic N) is 1. The Morgan fingerprint density at radius 1 is 1.21 bits per heavy atom. The van der Waals surface area contributed by atoms with Gasteiger partial charge in [0.05, 0.1) is 18.8 Å². The van der Waals surface area contributed by atoms with Crippen LogP contribution >= 0.6 is 0 Å². The molecule has 1 saturated carbocycles. The third kappa shape index (κ3) is 5.08. The van der Waals surface area contributed by atoms with E-state index in [0.29, 0.717) is 17.7 Å². The highest BCUT2D eigenvalue weighted by atomic mass is 16.5. The number of H-pyrrole nitrogens is 1. The Morgan fingerprint density at radius 2 is 2.00 bits per heavy atom. The van der Waals surface area contributed by atoms with Crippen molar-refractivity contribution in [2.45, 2.75) is 72.1 Å². The van der Waals surface area contributed by atoms with Gasteiger partial charge in [-0.15, -0.1) is 0 Å². The molecule has 1 amide bonds. The summed E-state index contributed by atoms with van der Waals surface area (Å²) in [6, 6.07) is 6.12. The molecule has 2 fully saturated rings. The van der Waals surface area contributed by atoms with Gasteiger partial charge in [0.1, 0.15) is 5.75 Å². The molecule has 1 aliphatic carbocycles. The number of rotatable bonds is 8. The number of likely N-dealkylation sites (N-methyl/N-ethyl adjacent to an activating group) is 1. The molecule has 1 saturated heterocycles. The smallest absolute Gasteiger partial charge is 0.253 e. The second kappa shape index (κ2) is 10.00. The Kier molecular flexibility index (Phi) is 7.08. The molecule has 2 N–H and O–H groups in total. The number of aromatic amines is 1. The summed E-state index contributed by atoms with van der Waals surface area (Å²) >= 11 is 0. The van der Waals surface area contributed by atoms with Crippen molar-refractivity contribution < 1.29 is 14.3 Å². The molecular weight excluding hydrogens is 418 g/mol. The highest BCUT2D eigenvalue weighted by Gasteiger charge is 2.27. The second-order valence-electron chi connectivity index (χ2n) is 9.21. The normalized spacial score (nSPS) is 18.1. The van der Waals surface area contributed by atoms with E-state index in [9.17, 15) is 9.59 Å². The fraction of sp³-hybridized carbons (Fsp3) is 0.538. The zero-order valence-corrected chi connectivity index (χ0v) is 20.1. The number of hydrogen-bond acceptors (Lipinski definition) is 5. The average Bonchev–Trinajstić information content (AvgIpc) is 3.26. The van der Waals surface area contributed by atoms with E-state index < -0.39 is 0 Å². The van der Waals surface area contributed by atoms with E-state index in [2.05, 4.69) is 28.2 Å². The molecule has 2 aromatic rings. The van der Waals surface area contributed by atoms with Gasteiger partial charge in [-0.3, -0.25) is 9.59 Å². The SMILES string of the molecule is CCN(c1cc(OC2CCC2)cc(C(=O)NCc2c(C)cc(C)[nH]c2=O)c1C)C1CCOC1. The first kappa shape index (κ1) is 23.4. The van der Waals surface area contributed by atoms with Crippen LogP contribution in [0.3, 0.4) is 0 Å². The summed E-state index contributed by atoms with van der Waals surface area (Å²) in [5.41, 5.74) is 4.60. The monoisotopic (exact) mass is 453 g/mol. The first-order chi connectivity index (χ1) is 15.9. The summed E-state index contributed by atoms with van der Waals surface area (Å²) in [5.74, 6) is 0.526. The summed E-state index contributed by atoms with van der Waals surface area (Å²) in [7, 11) is 0. The van der Waals surface area contributed by atoms with Crippen molar-refractivity contribution in [1.82, 2.24) is 10.3 Å². The van der Waals surface area contributed by atoms with Crippen molar-refractivity contribution in [3.05, 3.63) is 56.5 Å². The molecule has 1 aromatic heterocycles. The predicted molar refractivity (Wildman–Crippen MR) is 129 cm³/mol. The molecule has 0 bridgehead atoms. The summed E-state index contributed by atoms with van der Waals surface area (Å²) in [5, 5.41) is 2.96. The van der Waals surface area contributed by atoms with Crippen molar-refractivity contribution in [2.24, 2.45) is 0 Å². The van der Waals surface area contributed by atoms with Crippen molar-refractivity contribution >= 4 is 11.6 Å². The minimum Gasteiger partial charge on any atom is -0.490 e. The van der Waals surface area contributed by atoms with E-state index in [-0.39, 0.29) is 30.2 Å². The Balaban J connectivity index is 1.63. The predicted octanol–water partition coefficient (Wildman–Crippen LogP) is 3.78. The first-order valence-corrected chi connectivity index (χ1v) is 12.0. The van der Waals surface area contributed by atoms with Gasteiger partial charge in [-0.1, -0.05) is 0 Å². The number of aromatic nitrogens is 1.